The second-order valence-corrected chi connectivity index (χ2v) is 7.28. The molecule has 0 amide bonds. The summed E-state index contributed by atoms with van der Waals surface area (Å²) >= 11 is 6.57. The molecule has 4 aromatic rings. The van der Waals surface area contributed by atoms with Crippen LogP contribution in [0, 0.1) is 6.92 Å². The van der Waals surface area contributed by atoms with Gasteiger partial charge in [-0.15, -0.1) is 0 Å². The summed E-state index contributed by atoms with van der Waals surface area (Å²) in [6.07, 6.45) is 4.09. The van der Waals surface area contributed by atoms with Crippen LogP contribution in [-0.4, -0.2) is 27.6 Å². The van der Waals surface area contributed by atoms with E-state index in [2.05, 4.69) is 28.2 Å². The summed E-state index contributed by atoms with van der Waals surface area (Å²) in [5.74, 6) is 0.318. The number of methoxy groups -OCH3 is 1. The average molecular weight is 418 g/mol. The molecule has 150 valence electrons. The van der Waals surface area contributed by atoms with Crippen molar-refractivity contribution in [1.82, 2.24) is 14.5 Å². The van der Waals surface area contributed by atoms with Gasteiger partial charge in [-0.1, -0.05) is 66.2 Å². The molecule has 6 heteroatoms. The predicted octanol–water partition coefficient (Wildman–Crippen LogP) is 5.40. The molecule has 0 saturated carbocycles. The van der Waals surface area contributed by atoms with Gasteiger partial charge in [-0.3, -0.25) is 0 Å². The number of hydrogen-bond donors (Lipinski definition) is 0. The number of hydrogen-bond acceptors (Lipinski definition) is 4. The molecule has 0 atom stereocenters. The maximum Gasteiger partial charge on any atom is 0.356 e. The molecule has 0 aliphatic heterocycles. The number of rotatable bonds is 5. The van der Waals surface area contributed by atoms with Crippen molar-refractivity contribution in [1.29, 1.82) is 0 Å². The number of benzene rings is 2. The number of imidazole rings is 1. The van der Waals surface area contributed by atoms with Crippen molar-refractivity contribution < 1.29 is 9.53 Å². The van der Waals surface area contributed by atoms with E-state index in [-0.39, 0.29) is 5.69 Å². The summed E-state index contributed by atoms with van der Waals surface area (Å²) in [6.45, 7) is 2.41. The van der Waals surface area contributed by atoms with Crippen LogP contribution in [0.15, 0.2) is 60.7 Å². The second-order valence-electron chi connectivity index (χ2n) is 6.87. The highest BCUT2D eigenvalue weighted by molar-refractivity contribution is 6.31. The third-order valence-corrected chi connectivity index (χ3v) is 5.20. The maximum atomic E-state index is 11.8. The molecule has 0 spiro atoms. The zero-order valence-electron chi connectivity index (χ0n) is 16.7. The molecular formula is C24H20ClN3O2. The van der Waals surface area contributed by atoms with Crippen LogP contribution < -0.4 is 0 Å². The SMILES string of the molecule is COC(=O)c1ccc2nc(C)n(Cc3ccc(C=Cc4ccccc4)cc3Cl)c2n1. The smallest absolute Gasteiger partial charge is 0.356 e. The number of halogens is 1. The first-order chi connectivity index (χ1) is 14.5. The van der Waals surface area contributed by atoms with Crippen LogP contribution in [0.3, 0.4) is 0 Å². The van der Waals surface area contributed by atoms with E-state index in [9.17, 15) is 4.79 Å². The Morgan fingerprint density at radius 3 is 2.53 bits per heavy atom. The van der Waals surface area contributed by atoms with Gasteiger partial charge >= 0.3 is 5.97 Å². The first-order valence-corrected chi connectivity index (χ1v) is 9.86. The molecule has 0 N–H and O–H groups in total. The molecule has 2 aromatic carbocycles. The van der Waals surface area contributed by atoms with E-state index in [1.54, 1.807) is 12.1 Å². The third-order valence-electron chi connectivity index (χ3n) is 4.85. The molecule has 2 aromatic heterocycles. The Hall–Kier alpha value is -3.44. The van der Waals surface area contributed by atoms with Crippen molar-refractivity contribution in [3.63, 3.8) is 0 Å². The summed E-state index contributed by atoms with van der Waals surface area (Å²) in [4.78, 5) is 20.8. The predicted molar refractivity (Wildman–Crippen MR) is 120 cm³/mol. The Bertz CT molecular complexity index is 1250. The normalized spacial score (nSPS) is 11.3. The van der Waals surface area contributed by atoms with Crippen molar-refractivity contribution in [2.24, 2.45) is 0 Å². The summed E-state index contributed by atoms with van der Waals surface area (Å²) in [5, 5.41) is 0.663. The van der Waals surface area contributed by atoms with E-state index in [4.69, 9.17) is 16.3 Å². The van der Waals surface area contributed by atoms with Crippen LogP contribution in [0.25, 0.3) is 23.3 Å². The lowest BCUT2D eigenvalue weighted by Crippen LogP contribution is -2.07. The Morgan fingerprint density at radius 2 is 1.80 bits per heavy atom. The van der Waals surface area contributed by atoms with Crippen LogP contribution in [0.1, 0.15) is 33.0 Å². The van der Waals surface area contributed by atoms with Gasteiger partial charge in [0.1, 0.15) is 11.3 Å². The van der Waals surface area contributed by atoms with Gasteiger partial charge in [-0.2, -0.15) is 0 Å². The number of fused-ring (bicyclic) bond motifs is 1. The molecule has 0 aliphatic rings. The minimum atomic E-state index is -0.477. The molecular weight excluding hydrogens is 398 g/mol. The van der Waals surface area contributed by atoms with Crippen molar-refractivity contribution in [3.8, 4) is 0 Å². The Morgan fingerprint density at radius 1 is 1.03 bits per heavy atom. The quantitative estimate of drug-likeness (QED) is 0.322. The fourth-order valence-corrected chi connectivity index (χ4v) is 3.49. The highest BCUT2D eigenvalue weighted by Gasteiger charge is 2.15. The summed E-state index contributed by atoms with van der Waals surface area (Å²) in [5.41, 5.74) is 4.69. The minimum Gasteiger partial charge on any atom is -0.464 e. The molecule has 2 heterocycles. The zero-order valence-corrected chi connectivity index (χ0v) is 17.4. The topological polar surface area (TPSA) is 57.0 Å². The molecule has 0 bridgehead atoms. The summed E-state index contributed by atoms with van der Waals surface area (Å²) in [7, 11) is 1.34. The van der Waals surface area contributed by atoms with E-state index in [0.29, 0.717) is 17.2 Å². The van der Waals surface area contributed by atoms with Gasteiger partial charge in [0, 0.05) is 5.02 Å². The lowest BCUT2D eigenvalue weighted by Gasteiger charge is -2.09. The van der Waals surface area contributed by atoms with E-state index in [0.717, 1.165) is 28.0 Å². The van der Waals surface area contributed by atoms with Crippen molar-refractivity contribution >= 4 is 40.9 Å². The number of aromatic nitrogens is 3. The molecule has 0 unspecified atom stereocenters. The van der Waals surface area contributed by atoms with E-state index >= 15 is 0 Å². The Balaban J connectivity index is 1.62. The monoisotopic (exact) mass is 417 g/mol. The number of esters is 1. The third kappa shape index (κ3) is 4.11. The molecule has 0 saturated heterocycles. The number of pyridine rings is 1. The number of nitrogens with zero attached hydrogens (tertiary/aromatic N) is 3. The summed E-state index contributed by atoms with van der Waals surface area (Å²) in [6, 6.07) is 19.5. The highest BCUT2D eigenvalue weighted by atomic mass is 35.5. The first-order valence-electron chi connectivity index (χ1n) is 9.49. The van der Waals surface area contributed by atoms with Crippen LogP contribution in [0.4, 0.5) is 0 Å². The van der Waals surface area contributed by atoms with E-state index < -0.39 is 5.97 Å². The molecule has 0 radical (unpaired) electrons. The Labute approximate surface area is 179 Å². The van der Waals surface area contributed by atoms with Crippen LogP contribution in [0.2, 0.25) is 5.02 Å². The molecule has 4 rings (SSSR count). The largest absolute Gasteiger partial charge is 0.464 e. The molecule has 0 aliphatic carbocycles. The van der Waals surface area contributed by atoms with Crippen molar-refractivity contribution in [3.05, 3.63) is 93.9 Å². The van der Waals surface area contributed by atoms with E-state index in [1.165, 1.54) is 7.11 Å². The number of aryl methyl sites for hydroxylation is 1. The van der Waals surface area contributed by atoms with Crippen LogP contribution in [-0.2, 0) is 11.3 Å². The number of carbonyl (C=O) groups excluding carboxylic acids is 1. The molecule has 5 nitrogen and oxygen atoms in total. The van der Waals surface area contributed by atoms with Gasteiger partial charge in [-0.05, 0) is 41.8 Å². The minimum absolute atomic E-state index is 0.249. The van der Waals surface area contributed by atoms with Gasteiger partial charge < -0.3 is 9.30 Å². The Kier molecular flexibility index (Phi) is 5.63. The standard InChI is InChI=1S/C24H20ClN3O2/c1-16-26-21-12-13-22(24(29)30-2)27-23(21)28(16)15-19-11-10-18(14-20(19)25)9-8-17-6-4-3-5-7-17/h3-14H,15H2,1-2H3. The van der Waals surface area contributed by atoms with Gasteiger partial charge in [0.15, 0.2) is 11.3 Å². The molecule has 0 fully saturated rings. The number of ether oxygens (including phenoxy) is 1. The van der Waals surface area contributed by atoms with Crippen molar-refractivity contribution in [2.75, 3.05) is 7.11 Å². The van der Waals surface area contributed by atoms with Crippen LogP contribution >= 0.6 is 11.6 Å². The number of carbonyl (C=O) groups is 1. The van der Waals surface area contributed by atoms with Gasteiger partial charge in [0.05, 0.1) is 13.7 Å². The van der Waals surface area contributed by atoms with Gasteiger partial charge in [-0.25, -0.2) is 14.8 Å². The fraction of sp³-hybridized carbons (Fsp3) is 0.125. The van der Waals surface area contributed by atoms with Crippen LogP contribution in [0.5, 0.6) is 0 Å². The second kappa shape index (κ2) is 8.51. The first kappa shape index (κ1) is 19.9. The van der Waals surface area contributed by atoms with Gasteiger partial charge in [0.2, 0.25) is 0 Å². The average Bonchev–Trinajstić information content (AvgIpc) is 3.08. The zero-order chi connectivity index (χ0) is 21.1. The lowest BCUT2D eigenvalue weighted by molar-refractivity contribution is 0.0594. The highest BCUT2D eigenvalue weighted by Crippen LogP contribution is 2.23. The molecule has 30 heavy (non-hydrogen) atoms. The van der Waals surface area contributed by atoms with E-state index in [1.807, 2.05) is 54.0 Å². The fourth-order valence-electron chi connectivity index (χ4n) is 3.24. The maximum absolute atomic E-state index is 11.8. The summed E-state index contributed by atoms with van der Waals surface area (Å²) < 4.78 is 6.73. The lowest BCUT2D eigenvalue weighted by atomic mass is 10.1. The van der Waals surface area contributed by atoms with Gasteiger partial charge in [0.25, 0.3) is 0 Å². The van der Waals surface area contributed by atoms with Crippen molar-refractivity contribution in [2.45, 2.75) is 13.5 Å².